The third-order valence-corrected chi connectivity index (χ3v) is 1.94. The maximum absolute atomic E-state index is 11.2. The standard InChI is InChI=1S/C11H22N2O4/c1-3-4-6-17-11(15)9-12-8-10(14)13-5-7-16-2/h12H,3-9H2,1-2H3,(H,13,14). The topological polar surface area (TPSA) is 76.7 Å². The zero-order valence-electron chi connectivity index (χ0n) is 10.6. The van der Waals surface area contributed by atoms with Gasteiger partial charge in [-0.15, -0.1) is 0 Å². The van der Waals surface area contributed by atoms with E-state index in [2.05, 4.69) is 10.6 Å². The van der Waals surface area contributed by atoms with Gasteiger partial charge in [0.2, 0.25) is 5.91 Å². The lowest BCUT2D eigenvalue weighted by molar-refractivity contribution is -0.142. The molecule has 0 fully saturated rings. The molecule has 2 N–H and O–H groups in total. The number of nitrogens with one attached hydrogen (secondary N) is 2. The molecule has 0 unspecified atom stereocenters. The highest BCUT2D eigenvalue weighted by Crippen LogP contribution is 1.87. The first kappa shape index (κ1) is 15.9. The number of amides is 1. The molecule has 0 saturated carbocycles. The van der Waals surface area contributed by atoms with E-state index in [-0.39, 0.29) is 25.0 Å². The summed E-state index contributed by atoms with van der Waals surface area (Å²) >= 11 is 0. The van der Waals surface area contributed by atoms with Crippen LogP contribution in [0.3, 0.4) is 0 Å². The molecule has 0 rings (SSSR count). The maximum atomic E-state index is 11.2. The lowest BCUT2D eigenvalue weighted by Crippen LogP contribution is -2.37. The minimum Gasteiger partial charge on any atom is -0.465 e. The van der Waals surface area contributed by atoms with E-state index in [0.717, 1.165) is 12.8 Å². The molecular weight excluding hydrogens is 224 g/mol. The van der Waals surface area contributed by atoms with Crippen LogP contribution in [0.2, 0.25) is 0 Å². The van der Waals surface area contributed by atoms with Crippen LogP contribution in [0.5, 0.6) is 0 Å². The van der Waals surface area contributed by atoms with Gasteiger partial charge in [0.25, 0.3) is 0 Å². The van der Waals surface area contributed by atoms with Crippen molar-refractivity contribution in [1.82, 2.24) is 10.6 Å². The van der Waals surface area contributed by atoms with Crippen molar-refractivity contribution in [3.8, 4) is 0 Å². The summed E-state index contributed by atoms with van der Waals surface area (Å²) < 4.78 is 9.69. The lowest BCUT2D eigenvalue weighted by Gasteiger charge is -2.06. The molecule has 0 spiro atoms. The van der Waals surface area contributed by atoms with Gasteiger partial charge in [-0.2, -0.15) is 0 Å². The summed E-state index contributed by atoms with van der Waals surface area (Å²) in [6, 6.07) is 0. The van der Waals surface area contributed by atoms with Crippen LogP contribution < -0.4 is 10.6 Å². The fourth-order valence-corrected chi connectivity index (χ4v) is 1.01. The van der Waals surface area contributed by atoms with E-state index in [1.54, 1.807) is 7.11 Å². The average molecular weight is 246 g/mol. The fraction of sp³-hybridized carbons (Fsp3) is 0.818. The van der Waals surface area contributed by atoms with Crippen LogP contribution in [0.1, 0.15) is 19.8 Å². The molecule has 0 atom stereocenters. The van der Waals surface area contributed by atoms with E-state index < -0.39 is 0 Å². The van der Waals surface area contributed by atoms with E-state index in [1.807, 2.05) is 6.92 Å². The number of carbonyl (C=O) groups is 2. The van der Waals surface area contributed by atoms with Crippen LogP contribution >= 0.6 is 0 Å². The molecule has 0 saturated heterocycles. The fourth-order valence-electron chi connectivity index (χ4n) is 1.01. The highest BCUT2D eigenvalue weighted by atomic mass is 16.5. The van der Waals surface area contributed by atoms with Crippen molar-refractivity contribution in [2.24, 2.45) is 0 Å². The Morgan fingerprint density at radius 1 is 1.18 bits per heavy atom. The molecule has 0 bridgehead atoms. The molecule has 0 radical (unpaired) electrons. The average Bonchev–Trinajstić information content (AvgIpc) is 2.30. The van der Waals surface area contributed by atoms with Crippen molar-refractivity contribution >= 4 is 11.9 Å². The molecule has 0 heterocycles. The second-order valence-electron chi connectivity index (χ2n) is 3.52. The van der Waals surface area contributed by atoms with Crippen molar-refractivity contribution in [3.05, 3.63) is 0 Å². The Bertz CT molecular complexity index is 200. The van der Waals surface area contributed by atoms with Gasteiger partial charge < -0.3 is 14.8 Å². The number of hydrogen-bond acceptors (Lipinski definition) is 5. The lowest BCUT2D eigenvalue weighted by atomic mass is 10.4. The second-order valence-corrected chi connectivity index (χ2v) is 3.52. The van der Waals surface area contributed by atoms with Gasteiger partial charge in [0.05, 0.1) is 26.3 Å². The SMILES string of the molecule is CCCCOC(=O)CNCC(=O)NCCOC. The molecule has 0 aromatic rings. The number of methoxy groups -OCH3 is 1. The first-order valence-electron chi connectivity index (χ1n) is 5.82. The van der Waals surface area contributed by atoms with E-state index in [9.17, 15) is 9.59 Å². The maximum Gasteiger partial charge on any atom is 0.319 e. The van der Waals surface area contributed by atoms with Crippen LogP contribution in [0.15, 0.2) is 0 Å². The molecule has 1 amide bonds. The molecule has 0 aromatic carbocycles. The predicted octanol–water partition coefficient (Wildman–Crippen LogP) is -0.318. The zero-order valence-corrected chi connectivity index (χ0v) is 10.6. The van der Waals surface area contributed by atoms with Crippen molar-refractivity contribution in [1.29, 1.82) is 0 Å². The highest BCUT2D eigenvalue weighted by molar-refractivity contribution is 5.79. The van der Waals surface area contributed by atoms with Gasteiger partial charge in [-0.3, -0.25) is 14.9 Å². The highest BCUT2D eigenvalue weighted by Gasteiger charge is 2.04. The molecule has 17 heavy (non-hydrogen) atoms. The van der Waals surface area contributed by atoms with Gasteiger partial charge in [0.1, 0.15) is 0 Å². The van der Waals surface area contributed by atoms with Crippen LogP contribution in [-0.4, -0.2) is 51.8 Å². The molecule has 0 aliphatic rings. The van der Waals surface area contributed by atoms with E-state index in [1.165, 1.54) is 0 Å². The number of carbonyl (C=O) groups excluding carboxylic acids is 2. The van der Waals surface area contributed by atoms with Crippen LogP contribution in [0, 0.1) is 0 Å². The normalized spacial score (nSPS) is 10.0. The Kier molecular flexibility index (Phi) is 10.6. The minimum absolute atomic E-state index is 0.0570. The first-order chi connectivity index (χ1) is 8.20. The third kappa shape index (κ3) is 11.1. The number of ether oxygens (including phenoxy) is 2. The smallest absolute Gasteiger partial charge is 0.319 e. The summed E-state index contributed by atoms with van der Waals surface area (Å²) in [7, 11) is 1.57. The largest absolute Gasteiger partial charge is 0.465 e. The van der Waals surface area contributed by atoms with Crippen molar-refractivity contribution < 1.29 is 19.1 Å². The summed E-state index contributed by atoms with van der Waals surface area (Å²) in [5.41, 5.74) is 0. The molecule has 0 aliphatic carbocycles. The number of unbranched alkanes of at least 4 members (excludes halogenated alkanes) is 1. The summed E-state index contributed by atoms with van der Waals surface area (Å²) in [4.78, 5) is 22.3. The van der Waals surface area contributed by atoms with E-state index in [4.69, 9.17) is 9.47 Å². The van der Waals surface area contributed by atoms with Gasteiger partial charge in [-0.05, 0) is 6.42 Å². The van der Waals surface area contributed by atoms with Gasteiger partial charge in [-0.25, -0.2) is 0 Å². The second kappa shape index (κ2) is 11.3. The van der Waals surface area contributed by atoms with Crippen molar-refractivity contribution in [2.75, 3.05) is 40.0 Å². The molecule has 100 valence electrons. The summed E-state index contributed by atoms with van der Waals surface area (Å²) in [6.07, 6.45) is 1.85. The number of hydrogen-bond donors (Lipinski definition) is 2. The summed E-state index contributed by atoms with van der Waals surface area (Å²) in [5.74, 6) is -0.494. The van der Waals surface area contributed by atoms with Crippen molar-refractivity contribution in [3.63, 3.8) is 0 Å². The molecule has 6 nitrogen and oxygen atoms in total. The Balaban J connectivity index is 3.36. The summed E-state index contributed by atoms with van der Waals surface area (Å²) in [5, 5.41) is 5.34. The molecule has 6 heteroatoms. The molecule has 0 aromatic heterocycles. The van der Waals surface area contributed by atoms with Crippen molar-refractivity contribution in [2.45, 2.75) is 19.8 Å². The van der Waals surface area contributed by atoms with Gasteiger partial charge in [-0.1, -0.05) is 13.3 Å². The zero-order chi connectivity index (χ0) is 12.9. The van der Waals surface area contributed by atoms with Crippen LogP contribution in [-0.2, 0) is 19.1 Å². The third-order valence-electron chi connectivity index (χ3n) is 1.94. The molecule has 0 aliphatic heterocycles. The first-order valence-corrected chi connectivity index (χ1v) is 5.82. The Morgan fingerprint density at radius 2 is 1.94 bits per heavy atom. The quantitative estimate of drug-likeness (QED) is 0.408. The molecular formula is C11H22N2O4. The Hall–Kier alpha value is -1.14. The Labute approximate surface area is 102 Å². The monoisotopic (exact) mass is 246 g/mol. The Morgan fingerprint density at radius 3 is 2.59 bits per heavy atom. The summed E-state index contributed by atoms with van der Waals surface area (Å²) in [6.45, 7) is 3.57. The number of esters is 1. The van der Waals surface area contributed by atoms with Gasteiger partial charge in [0, 0.05) is 13.7 Å². The van der Waals surface area contributed by atoms with Crippen LogP contribution in [0.4, 0.5) is 0 Å². The van der Waals surface area contributed by atoms with Gasteiger partial charge in [0.15, 0.2) is 0 Å². The minimum atomic E-state index is -0.330. The number of rotatable bonds is 10. The van der Waals surface area contributed by atoms with Crippen LogP contribution in [0.25, 0.3) is 0 Å². The predicted molar refractivity (Wildman–Crippen MR) is 63.6 cm³/mol. The van der Waals surface area contributed by atoms with E-state index in [0.29, 0.717) is 19.8 Å². The van der Waals surface area contributed by atoms with Gasteiger partial charge >= 0.3 is 5.97 Å². The van der Waals surface area contributed by atoms with E-state index >= 15 is 0 Å².